The lowest BCUT2D eigenvalue weighted by molar-refractivity contribution is 0.405. The molecule has 0 aliphatic heterocycles. The molecule has 1 N–H and O–H groups in total. The summed E-state index contributed by atoms with van der Waals surface area (Å²) in [5.74, 6) is 0.352. The fourth-order valence-electron chi connectivity index (χ4n) is 6.53. The number of benzene rings is 4. The third-order valence-corrected chi connectivity index (χ3v) is 8.09. The van der Waals surface area contributed by atoms with Gasteiger partial charge in [0.15, 0.2) is 0 Å². The second-order valence-electron chi connectivity index (χ2n) is 10.3. The molecule has 0 unspecified atom stereocenters. The number of phenols is 1. The molecule has 0 atom stereocenters. The summed E-state index contributed by atoms with van der Waals surface area (Å²) >= 11 is 0. The molecule has 4 aromatic carbocycles. The van der Waals surface area contributed by atoms with E-state index in [1.807, 2.05) is 26.0 Å². The van der Waals surface area contributed by atoms with Gasteiger partial charge in [0, 0.05) is 5.41 Å². The second kappa shape index (κ2) is 12.0. The van der Waals surface area contributed by atoms with Crippen molar-refractivity contribution in [1.82, 2.24) is 0 Å². The van der Waals surface area contributed by atoms with Crippen molar-refractivity contribution in [3.63, 3.8) is 0 Å². The Morgan fingerprint density at radius 3 is 1.75 bits per heavy atom. The molecule has 0 amide bonds. The zero-order chi connectivity index (χ0) is 25.5. The van der Waals surface area contributed by atoms with E-state index in [0.717, 1.165) is 5.39 Å². The topological polar surface area (TPSA) is 20.2 Å². The standard InChI is InChI=1S/C33H38O.C2H6/c1-3-5-7-11-21-33(22-12-8-6-4-2)31-27-14-10-9-13-24(27)15-18-29(31)30-19-16-25-23-26(34)17-20-28(25)32(30)33;1-2/h9-10,13-20,23,34H,3-8,11-12,21-22H2,1-2H3;1-2H3. The molecule has 190 valence electrons. The van der Waals surface area contributed by atoms with Crippen LogP contribution < -0.4 is 0 Å². The van der Waals surface area contributed by atoms with Crippen molar-refractivity contribution in [3.05, 3.63) is 77.9 Å². The molecule has 1 aliphatic rings. The number of hydrogen-bond donors (Lipinski definition) is 1. The summed E-state index contributed by atoms with van der Waals surface area (Å²) in [6.07, 6.45) is 12.7. The van der Waals surface area contributed by atoms with E-state index in [0.29, 0.717) is 5.75 Å². The SMILES string of the molecule is CC.CCCCCCC1(CCCCCC)c2c(ccc3ccccc23)-c2ccc3cc(O)ccc3c21. The number of unbranched alkanes of at least 4 members (excludes halogenated alkanes) is 6. The van der Waals surface area contributed by atoms with E-state index in [1.165, 1.54) is 97.1 Å². The van der Waals surface area contributed by atoms with Gasteiger partial charge in [0.05, 0.1) is 0 Å². The van der Waals surface area contributed by atoms with Crippen molar-refractivity contribution in [3.8, 4) is 16.9 Å². The maximum absolute atomic E-state index is 10.2. The molecule has 0 radical (unpaired) electrons. The molecular formula is C35H44O. The first kappa shape index (κ1) is 26.3. The van der Waals surface area contributed by atoms with Crippen LogP contribution in [0.4, 0.5) is 0 Å². The van der Waals surface area contributed by atoms with Crippen molar-refractivity contribution in [2.75, 3.05) is 0 Å². The Kier molecular flexibility index (Phi) is 8.72. The van der Waals surface area contributed by atoms with Crippen LogP contribution in [0.1, 0.15) is 103 Å². The average molecular weight is 481 g/mol. The van der Waals surface area contributed by atoms with Gasteiger partial charge in [0.1, 0.15) is 5.75 Å². The van der Waals surface area contributed by atoms with E-state index >= 15 is 0 Å². The molecule has 0 saturated heterocycles. The fourth-order valence-corrected chi connectivity index (χ4v) is 6.53. The molecule has 1 heteroatoms. The van der Waals surface area contributed by atoms with Crippen LogP contribution in [0.3, 0.4) is 0 Å². The maximum atomic E-state index is 10.2. The first-order valence-corrected chi connectivity index (χ1v) is 14.5. The molecule has 0 saturated carbocycles. The minimum Gasteiger partial charge on any atom is -0.508 e. The van der Waals surface area contributed by atoms with E-state index in [4.69, 9.17) is 0 Å². The summed E-state index contributed by atoms with van der Waals surface area (Å²) in [5, 5.41) is 15.5. The van der Waals surface area contributed by atoms with Crippen LogP contribution in [-0.2, 0) is 5.41 Å². The summed E-state index contributed by atoms with van der Waals surface area (Å²) in [6, 6.07) is 24.2. The van der Waals surface area contributed by atoms with Gasteiger partial charge in [-0.3, -0.25) is 0 Å². The molecule has 36 heavy (non-hydrogen) atoms. The van der Waals surface area contributed by atoms with Crippen LogP contribution in [0.2, 0.25) is 0 Å². The summed E-state index contributed by atoms with van der Waals surface area (Å²) < 4.78 is 0. The quantitative estimate of drug-likeness (QED) is 0.224. The average Bonchev–Trinajstić information content (AvgIpc) is 3.20. The Morgan fingerprint density at radius 1 is 0.583 bits per heavy atom. The molecule has 1 nitrogen and oxygen atoms in total. The molecule has 0 heterocycles. The van der Waals surface area contributed by atoms with Gasteiger partial charge in [-0.2, -0.15) is 0 Å². The van der Waals surface area contributed by atoms with Gasteiger partial charge in [-0.1, -0.05) is 134 Å². The van der Waals surface area contributed by atoms with E-state index in [9.17, 15) is 5.11 Å². The lowest BCUT2D eigenvalue weighted by Crippen LogP contribution is -2.26. The third kappa shape index (κ3) is 4.77. The molecule has 4 aromatic rings. The first-order chi connectivity index (χ1) is 17.7. The highest BCUT2D eigenvalue weighted by molar-refractivity contribution is 6.03. The number of hydrogen-bond acceptors (Lipinski definition) is 1. The zero-order valence-electron chi connectivity index (χ0n) is 22.9. The zero-order valence-corrected chi connectivity index (χ0v) is 22.9. The van der Waals surface area contributed by atoms with Crippen molar-refractivity contribution in [1.29, 1.82) is 0 Å². The predicted octanol–water partition coefficient (Wildman–Crippen LogP) is 10.9. The van der Waals surface area contributed by atoms with Crippen LogP contribution in [0.5, 0.6) is 5.75 Å². The Labute approximate surface area is 218 Å². The van der Waals surface area contributed by atoms with Gasteiger partial charge in [-0.15, -0.1) is 0 Å². The molecule has 0 bridgehead atoms. The Morgan fingerprint density at radius 2 is 1.14 bits per heavy atom. The Hall–Kier alpha value is -2.80. The third-order valence-electron chi connectivity index (χ3n) is 8.09. The minimum absolute atomic E-state index is 0.0312. The van der Waals surface area contributed by atoms with Crippen LogP contribution >= 0.6 is 0 Å². The lowest BCUT2D eigenvalue weighted by Gasteiger charge is -2.34. The second-order valence-corrected chi connectivity index (χ2v) is 10.3. The van der Waals surface area contributed by atoms with Crippen LogP contribution in [0, 0.1) is 0 Å². The summed E-state index contributed by atoms with van der Waals surface area (Å²) in [4.78, 5) is 0. The van der Waals surface area contributed by atoms with Crippen LogP contribution in [-0.4, -0.2) is 5.11 Å². The summed E-state index contributed by atoms with van der Waals surface area (Å²) in [7, 11) is 0. The van der Waals surface area contributed by atoms with Crippen LogP contribution in [0.25, 0.3) is 32.7 Å². The first-order valence-electron chi connectivity index (χ1n) is 14.5. The normalized spacial score (nSPS) is 13.3. The van der Waals surface area contributed by atoms with Gasteiger partial charge >= 0.3 is 0 Å². The number of fused-ring (bicyclic) bond motifs is 7. The molecule has 5 rings (SSSR count). The maximum Gasteiger partial charge on any atom is 0.116 e. The van der Waals surface area contributed by atoms with Gasteiger partial charge in [-0.05, 0) is 68.8 Å². The predicted molar refractivity (Wildman–Crippen MR) is 158 cm³/mol. The van der Waals surface area contributed by atoms with Gasteiger partial charge < -0.3 is 5.11 Å². The van der Waals surface area contributed by atoms with E-state index in [2.05, 4.69) is 68.4 Å². The van der Waals surface area contributed by atoms with Gasteiger partial charge in [0.2, 0.25) is 0 Å². The smallest absolute Gasteiger partial charge is 0.116 e. The number of rotatable bonds is 10. The van der Waals surface area contributed by atoms with E-state index in [-0.39, 0.29) is 5.41 Å². The van der Waals surface area contributed by atoms with Crippen molar-refractivity contribution < 1.29 is 5.11 Å². The molecule has 0 aromatic heterocycles. The van der Waals surface area contributed by atoms with Crippen molar-refractivity contribution in [2.45, 2.75) is 97.3 Å². The van der Waals surface area contributed by atoms with Crippen LogP contribution in [0.15, 0.2) is 66.7 Å². The van der Waals surface area contributed by atoms with E-state index < -0.39 is 0 Å². The minimum atomic E-state index is 0.0312. The van der Waals surface area contributed by atoms with Crippen molar-refractivity contribution in [2.24, 2.45) is 0 Å². The molecule has 0 spiro atoms. The number of phenolic OH excluding ortho intramolecular Hbond substituents is 1. The van der Waals surface area contributed by atoms with E-state index in [1.54, 1.807) is 5.56 Å². The molecule has 1 aliphatic carbocycles. The Bertz CT molecular complexity index is 1290. The van der Waals surface area contributed by atoms with Gasteiger partial charge in [0.25, 0.3) is 0 Å². The monoisotopic (exact) mass is 480 g/mol. The molecular weight excluding hydrogens is 436 g/mol. The number of aromatic hydroxyl groups is 1. The highest BCUT2D eigenvalue weighted by atomic mass is 16.3. The highest BCUT2D eigenvalue weighted by Crippen LogP contribution is 2.58. The summed E-state index contributed by atoms with van der Waals surface area (Å²) in [6.45, 7) is 8.60. The van der Waals surface area contributed by atoms with Gasteiger partial charge in [-0.25, -0.2) is 0 Å². The molecule has 0 fully saturated rings. The lowest BCUT2D eigenvalue weighted by atomic mass is 9.68. The fraction of sp³-hybridized carbons (Fsp3) is 0.429. The highest BCUT2D eigenvalue weighted by Gasteiger charge is 2.44. The Balaban J connectivity index is 0.00000148. The summed E-state index contributed by atoms with van der Waals surface area (Å²) in [5.41, 5.74) is 5.95. The largest absolute Gasteiger partial charge is 0.508 e. The van der Waals surface area contributed by atoms with Crippen molar-refractivity contribution >= 4 is 21.5 Å².